The summed E-state index contributed by atoms with van der Waals surface area (Å²) in [6.07, 6.45) is 1.51. The zero-order chi connectivity index (χ0) is 21.0. The molecule has 1 heterocycles. The Bertz CT molecular complexity index is 866. The monoisotopic (exact) mass is 414 g/mol. The van der Waals surface area contributed by atoms with E-state index in [4.69, 9.17) is 4.74 Å². The molecule has 1 unspecified atom stereocenters. The molecule has 6 heteroatoms. The molecule has 0 aromatic heterocycles. The van der Waals surface area contributed by atoms with Crippen LogP contribution in [0.1, 0.15) is 39.2 Å². The summed E-state index contributed by atoms with van der Waals surface area (Å²) in [6.45, 7) is 9.23. The maximum absolute atomic E-state index is 12.8. The zero-order valence-electron chi connectivity index (χ0n) is 17.6. The first-order valence-corrected chi connectivity index (χ1v) is 11.2. The van der Waals surface area contributed by atoms with Gasteiger partial charge in [0.25, 0.3) is 0 Å². The minimum Gasteiger partial charge on any atom is -0.460 e. The van der Waals surface area contributed by atoms with Crippen LogP contribution in [-0.4, -0.2) is 28.9 Å². The van der Waals surface area contributed by atoms with Crippen molar-refractivity contribution in [3.8, 4) is 0 Å². The Morgan fingerprint density at radius 3 is 2.31 bits per heavy atom. The fourth-order valence-electron chi connectivity index (χ4n) is 3.40. The number of rotatable bonds is 5. The average Bonchev–Trinajstić information content (AvgIpc) is 2.68. The number of hydrogen-bond donors (Lipinski definition) is 1. The quantitative estimate of drug-likeness (QED) is 0.721. The SMILES string of the molecule is Cc1ccc(S(=O)Nc2ccccc2N2CCC(C(=O)OC(C)(C)C)CC2)cc1. The Labute approximate surface area is 176 Å². The fourth-order valence-corrected chi connectivity index (χ4v) is 4.27. The van der Waals surface area contributed by atoms with E-state index in [1.54, 1.807) is 0 Å². The van der Waals surface area contributed by atoms with E-state index >= 15 is 0 Å². The van der Waals surface area contributed by atoms with Crippen LogP contribution in [0.5, 0.6) is 0 Å². The molecule has 29 heavy (non-hydrogen) atoms. The first-order valence-electron chi connectivity index (χ1n) is 10.0. The van der Waals surface area contributed by atoms with Gasteiger partial charge in [-0.05, 0) is 64.8 Å². The van der Waals surface area contributed by atoms with Gasteiger partial charge in [-0.25, -0.2) is 4.21 Å². The molecule has 2 aromatic rings. The molecule has 0 saturated carbocycles. The summed E-state index contributed by atoms with van der Waals surface area (Å²) in [5.74, 6) is -0.170. The number of hydrogen-bond acceptors (Lipinski definition) is 4. The largest absolute Gasteiger partial charge is 0.460 e. The van der Waals surface area contributed by atoms with E-state index in [9.17, 15) is 9.00 Å². The number of nitrogens with one attached hydrogen (secondary N) is 1. The summed E-state index contributed by atoms with van der Waals surface area (Å²) in [4.78, 5) is 15.3. The number of carbonyl (C=O) groups is 1. The van der Waals surface area contributed by atoms with Gasteiger partial charge in [0.1, 0.15) is 16.6 Å². The van der Waals surface area contributed by atoms with Gasteiger partial charge in [0.05, 0.1) is 22.2 Å². The summed E-state index contributed by atoms with van der Waals surface area (Å²) < 4.78 is 21.4. The van der Waals surface area contributed by atoms with Crippen molar-refractivity contribution < 1.29 is 13.7 Å². The normalized spacial score (nSPS) is 16.3. The first-order chi connectivity index (χ1) is 13.7. The second-order valence-corrected chi connectivity index (χ2v) is 9.71. The van der Waals surface area contributed by atoms with Gasteiger partial charge in [-0.1, -0.05) is 29.8 Å². The van der Waals surface area contributed by atoms with E-state index in [1.807, 2.05) is 76.2 Å². The van der Waals surface area contributed by atoms with Crippen LogP contribution < -0.4 is 9.62 Å². The second-order valence-electron chi connectivity index (χ2n) is 8.50. The number of nitrogens with zero attached hydrogens (tertiary/aromatic N) is 1. The van der Waals surface area contributed by atoms with E-state index < -0.39 is 16.6 Å². The highest BCUT2D eigenvalue weighted by molar-refractivity contribution is 7.86. The van der Waals surface area contributed by atoms with Crippen LogP contribution in [0.2, 0.25) is 0 Å². The summed E-state index contributed by atoms with van der Waals surface area (Å²) in [6, 6.07) is 15.6. The molecule has 0 radical (unpaired) electrons. The molecule has 1 aliphatic rings. The molecule has 0 amide bonds. The van der Waals surface area contributed by atoms with Crippen molar-refractivity contribution in [2.75, 3.05) is 22.7 Å². The molecule has 156 valence electrons. The topological polar surface area (TPSA) is 58.6 Å². The van der Waals surface area contributed by atoms with Crippen LogP contribution >= 0.6 is 0 Å². The zero-order valence-corrected chi connectivity index (χ0v) is 18.4. The molecule has 2 aromatic carbocycles. The number of esters is 1. The smallest absolute Gasteiger partial charge is 0.309 e. The summed E-state index contributed by atoms with van der Waals surface area (Å²) >= 11 is 0. The maximum Gasteiger partial charge on any atom is 0.309 e. The third kappa shape index (κ3) is 5.82. The molecule has 3 rings (SSSR count). The second kappa shape index (κ2) is 8.99. The molecule has 1 N–H and O–H groups in total. The maximum atomic E-state index is 12.8. The Balaban J connectivity index is 1.66. The molecule has 5 nitrogen and oxygen atoms in total. The molecule has 1 aliphatic heterocycles. The predicted octanol–water partition coefficient (Wildman–Crippen LogP) is 4.69. The third-order valence-corrected chi connectivity index (χ3v) is 6.02. The van der Waals surface area contributed by atoms with Crippen molar-refractivity contribution in [3.05, 3.63) is 54.1 Å². The van der Waals surface area contributed by atoms with Crippen molar-refractivity contribution in [1.82, 2.24) is 0 Å². The number of ether oxygens (including phenoxy) is 1. The minimum absolute atomic E-state index is 0.0627. The van der Waals surface area contributed by atoms with Gasteiger partial charge in [0.15, 0.2) is 0 Å². The van der Waals surface area contributed by atoms with Gasteiger partial charge in [-0.2, -0.15) is 0 Å². The first kappa shape index (κ1) is 21.4. The third-order valence-electron chi connectivity index (χ3n) is 4.92. The molecule has 1 atom stereocenters. The van der Waals surface area contributed by atoms with Gasteiger partial charge in [0, 0.05) is 13.1 Å². The van der Waals surface area contributed by atoms with Crippen LogP contribution in [0.15, 0.2) is 53.4 Å². The van der Waals surface area contributed by atoms with Gasteiger partial charge in [-0.3, -0.25) is 9.52 Å². The molecular formula is C23H30N2O3S. The van der Waals surface area contributed by atoms with Gasteiger partial charge in [-0.15, -0.1) is 0 Å². The van der Waals surface area contributed by atoms with E-state index in [2.05, 4.69) is 9.62 Å². The number of piperidine rings is 1. The molecule has 1 fully saturated rings. The van der Waals surface area contributed by atoms with Crippen molar-refractivity contribution in [2.24, 2.45) is 5.92 Å². The van der Waals surface area contributed by atoms with Crippen LogP contribution in [0, 0.1) is 12.8 Å². The van der Waals surface area contributed by atoms with Crippen molar-refractivity contribution in [3.63, 3.8) is 0 Å². The number of anilines is 2. The van der Waals surface area contributed by atoms with Crippen molar-refractivity contribution >= 4 is 28.3 Å². The van der Waals surface area contributed by atoms with E-state index in [1.165, 1.54) is 0 Å². The summed E-state index contributed by atoms with van der Waals surface area (Å²) in [5.41, 5.74) is 2.53. The molecule has 0 aliphatic carbocycles. The number of benzene rings is 2. The Kier molecular flexibility index (Phi) is 6.63. The van der Waals surface area contributed by atoms with Gasteiger partial charge >= 0.3 is 5.97 Å². The lowest BCUT2D eigenvalue weighted by atomic mass is 9.96. The fraction of sp³-hybridized carbons (Fsp3) is 0.435. The van der Waals surface area contributed by atoms with Crippen LogP contribution in [0.3, 0.4) is 0 Å². The van der Waals surface area contributed by atoms with E-state index in [-0.39, 0.29) is 11.9 Å². The van der Waals surface area contributed by atoms with Crippen LogP contribution in [-0.2, 0) is 20.5 Å². The minimum atomic E-state index is -1.33. The lowest BCUT2D eigenvalue weighted by Crippen LogP contribution is -2.39. The summed E-state index contributed by atoms with van der Waals surface area (Å²) in [7, 11) is -1.33. The molecule has 0 bridgehead atoms. The molecular weight excluding hydrogens is 384 g/mol. The number of para-hydroxylation sites is 2. The lowest BCUT2D eigenvalue weighted by Gasteiger charge is -2.34. The number of carbonyl (C=O) groups excluding carboxylic acids is 1. The Morgan fingerprint density at radius 1 is 1.07 bits per heavy atom. The van der Waals surface area contributed by atoms with Gasteiger partial charge in [0.2, 0.25) is 0 Å². The van der Waals surface area contributed by atoms with Crippen molar-refractivity contribution in [2.45, 2.75) is 51.0 Å². The Morgan fingerprint density at radius 2 is 1.69 bits per heavy atom. The van der Waals surface area contributed by atoms with E-state index in [0.29, 0.717) is 0 Å². The van der Waals surface area contributed by atoms with Gasteiger partial charge < -0.3 is 9.64 Å². The average molecular weight is 415 g/mol. The highest BCUT2D eigenvalue weighted by atomic mass is 32.2. The summed E-state index contributed by atoms with van der Waals surface area (Å²) in [5, 5.41) is 0. The van der Waals surface area contributed by atoms with E-state index in [0.717, 1.165) is 47.8 Å². The molecule has 1 saturated heterocycles. The van der Waals surface area contributed by atoms with Crippen molar-refractivity contribution in [1.29, 1.82) is 0 Å². The lowest BCUT2D eigenvalue weighted by molar-refractivity contribution is -0.160. The highest BCUT2D eigenvalue weighted by Gasteiger charge is 2.29. The molecule has 0 spiro atoms. The highest BCUT2D eigenvalue weighted by Crippen LogP contribution is 2.31. The predicted molar refractivity (Wildman–Crippen MR) is 118 cm³/mol. The van der Waals surface area contributed by atoms with Crippen LogP contribution in [0.25, 0.3) is 0 Å². The standard InChI is InChI=1S/C23H30N2O3S/c1-17-9-11-19(12-10-17)29(27)24-20-7-5-6-8-21(20)25-15-13-18(14-16-25)22(26)28-23(2,3)4/h5-12,18,24H,13-16H2,1-4H3. The van der Waals surface area contributed by atoms with Crippen LogP contribution in [0.4, 0.5) is 11.4 Å². The Hall–Kier alpha value is -2.34. The number of aryl methyl sites for hydroxylation is 1.